The average molecular weight is 422 g/mol. The molecule has 1 amide bonds. The van der Waals surface area contributed by atoms with Crippen molar-refractivity contribution in [2.75, 3.05) is 11.9 Å². The number of aromatic nitrogens is 2. The molecule has 2 aromatic carbocycles. The molecule has 1 atom stereocenters. The van der Waals surface area contributed by atoms with Gasteiger partial charge in [0, 0.05) is 11.4 Å². The summed E-state index contributed by atoms with van der Waals surface area (Å²) in [5.41, 5.74) is 1.24. The highest BCUT2D eigenvalue weighted by Crippen LogP contribution is 2.27. The van der Waals surface area contributed by atoms with Crippen LogP contribution in [0.5, 0.6) is 5.75 Å². The zero-order valence-corrected chi connectivity index (χ0v) is 16.8. The fourth-order valence-corrected chi connectivity index (χ4v) is 3.79. The van der Waals surface area contributed by atoms with Crippen molar-refractivity contribution in [3.05, 3.63) is 69.1 Å². The highest BCUT2D eigenvalue weighted by Gasteiger charge is 2.13. The van der Waals surface area contributed by atoms with Crippen molar-refractivity contribution in [1.82, 2.24) is 10.2 Å². The average Bonchev–Trinajstić information content (AvgIpc) is 3.08. The van der Waals surface area contributed by atoms with E-state index in [1.807, 2.05) is 18.2 Å². The first kappa shape index (κ1) is 19.6. The number of rotatable bonds is 7. The van der Waals surface area contributed by atoms with Gasteiger partial charge in [0.1, 0.15) is 10.8 Å². The molecular weight excluding hydrogens is 405 g/mol. The number of nitrogens with one attached hydrogen (secondary N) is 1. The Bertz CT molecular complexity index is 918. The molecule has 3 rings (SSSR count). The third kappa shape index (κ3) is 5.66. The maximum atomic E-state index is 12.1. The summed E-state index contributed by atoms with van der Waals surface area (Å²) in [5.74, 6) is 0.378. The molecule has 8 heteroatoms. The lowest BCUT2D eigenvalue weighted by Crippen LogP contribution is -2.20. The number of anilines is 1. The summed E-state index contributed by atoms with van der Waals surface area (Å²) in [6.07, 6.45) is 0.758. The van der Waals surface area contributed by atoms with Gasteiger partial charge in [-0.1, -0.05) is 71.8 Å². The molecule has 0 saturated carbocycles. The van der Waals surface area contributed by atoms with Crippen molar-refractivity contribution < 1.29 is 9.53 Å². The largest absolute Gasteiger partial charge is 0.482 e. The maximum absolute atomic E-state index is 12.1. The summed E-state index contributed by atoms with van der Waals surface area (Å²) < 4.78 is 5.41. The topological polar surface area (TPSA) is 64.1 Å². The Labute approximate surface area is 171 Å². The molecule has 0 aliphatic carbocycles. The second kappa shape index (κ2) is 9.17. The first-order valence-corrected chi connectivity index (χ1v) is 9.83. The lowest BCUT2D eigenvalue weighted by atomic mass is 9.98. The normalized spacial score (nSPS) is 11.8. The van der Waals surface area contributed by atoms with E-state index in [9.17, 15) is 4.79 Å². The Morgan fingerprint density at radius 3 is 2.70 bits per heavy atom. The zero-order chi connectivity index (χ0) is 19.2. The van der Waals surface area contributed by atoms with Gasteiger partial charge >= 0.3 is 0 Å². The molecule has 0 bridgehead atoms. The Morgan fingerprint density at radius 2 is 1.96 bits per heavy atom. The van der Waals surface area contributed by atoms with Gasteiger partial charge in [-0.15, -0.1) is 10.2 Å². The van der Waals surface area contributed by atoms with Crippen molar-refractivity contribution >= 4 is 45.6 Å². The van der Waals surface area contributed by atoms with Crippen LogP contribution in [0.15, 0.2) is 48.5 Å². The van der Waals surface area contributed by atoms with Crippen LogP contribution in [-0.4, -0.2) is 22.7 Å². The minimum absolute atomic E-state index is 0.184. The van der Waals surface area contributed by atoms with E-state index in [1.54, 1.807) is 18.2 Å². The number of halogens is 2. The SMILES string of the molecule is CC(Cc1nnc(NC(=O)COc2ccc(Cl)cc2Cl)s1)c1ccccc1. The minimum Gasteiger partial charge on any atom is -0.482 e. The van der Waals surface area contributed by atoms with Crippen LogP contribution in [0, 0.1) is 0 Å². The summed E-state index contributed by atoms with van der Waals surface area (Å²) in [5, 5.41) is 13.0. The lowest BCUT2D eigenvalue weighted by Gasteiger charge is -2.08. The number of benzene rings is 2. The number of nitrogens with zero attached hydrogens (tertiary/aromatic N) is 2. The third-order valence-electron chi connectivity index (χ3n) is 3.82. The standard InChI is InChI=1S/C19H17Cl2N3O2S/c1-12(13-5-3-2-4-6-13)9-18-23-24-19(27-18)22-17(25)11-26-16-8-7-14(20)10-15(16)21/h2-8,10,12H,9,11H2,1H3,(H,22,24,25). The molecule has 27 heavy (non-hydrogen) atoms. The number of hydrogen-bond acceptors (Lipinski definition) is 5. The Balaban J connectivity index is 1.52. The number of amides is 1. The van der Waals surface area contributed by atoms with Crippen molar-refractivity contribution in [1.29, 1.82) is 0 Å². The molecule has 0 fully saturated rings. The van der Waals surface area contributed by atoms with Crippen molar-refractivity contribution in [2.45, 2.75) is 19.3 Å². The van der Waals surface area contributed by atoms with Gasteiger partial charge in [-0.3, -0.25) is 10.1 Å². The Kier molecular flexibility index (Phi) is 6.66. The van der Waals surface area contributed by atoms with Gasteiger partial charge in [-0.25, -0.2) is 0 Å². The van der Waals surface area contributed by atoms with Gasteiger partial charge in [0.15, 0.2) is 6.61 Å². The fraction of sp³-hybridized carbons (Fsp3) is 0.211. The second-order valence-corrected chi connectivity index (χ2v) is 7.83. The minimum atomic E-state index is -0.333. The highest BCUT2D eigenvalue weighted by atomic mass is 35.5. The van der Waals surface area contributed by atoms with Crippen LogP contribution >= 0.6 is 34.5 Å². The predicted molar refractivity (Wildman–Crippen MR) is 109 cm³/mol. The third-order valence-corrected chi connectivity index (χ3v) is 5.21. The number of carbonyl (C=O) groups excluding carboxylic acids is 1. The van der Waals surface area contributed by atoms with Crippen LogP contribution in [0.4, 0.5) is 5.13 Å². The molecule has 0 radical (unpaired) electrons. The van der Waals surface area contributed by atoms with Gasteiger partial charge in [0.2, 0.25) is 5.13 Å². The van der Waals surface area contributed by atoms with Gasteiger partial charge in [-0.05, 0) is 29.7 Å². The van der Waals surface area contributed by atoms with Crippen LogP contribution in [0.2, 0.25) is 10.0 Å². The van der Waals surface area contributed by atoms with Crippen LogP contribution < -0.4 is 10.1 Å². The van der Waals surface area contributed by atoms with Gasteiger partial charge in [0.05, 0.1) is 5.02 Å². The van der Waals surface area contributed by atoms with Crippen molar-refractivity contribution in [2.24, 2.45) is 0 Å². The molecular formula is C19H17Cl2N3O2S. The van der Waals surface area contributed by atoms with Gasteiger partial charge in [0.25, 0.3) is 5.91 Å². The van der Waals surface area contributed by atoms with E-state index in [0.717, 1.165) is 11.4 Å². The van der Waals surface area contributed by atoms with E-state index in [2.05, 4.69) is 34.6 Å². The molecule has 1 aromatic heterocycles. The first-order chi connectivity index (χ1) is 13.0. The molecule has 140 valence electrons. The van der Waals surface area contributed by atoms with Crippen LogP contribution in [0.25, 0.3) is 0 Å². The highest BCUT2D eigenvalue weighted by molar-refractivity contribution is 7.15. The first-order valence-electron chi connectivity index (χ1n) is 8.26. The molecule has 1 heterocycles. The zero-order valence-electron chi connectivity index (χ0n) is 14.5. The van der Waals surface area contributed by atoms with Crippen molar-refractivity contribution in [3.8, 4) is 5.75 Å². The van der Waals surface area contributed by atoms with E-state index in [4.69, 9.17) is 27.9 Å². The number of hydrogen-bond donors (Lipinski definition) is 1. The van der Waals surface area contributed by atoms with Gasteiger partial charge in [-0.2, -0.15) is 0 Å². The summed E-state index contributed by atoms with van der Waals surface area (Å²) in [7, 11) is 0. The molecule has 5 nitrogen and oxygen atoms in total. The molecule has 1 unspecified atom stereocenters. The number of ether oxygens (including phenoxy) is 1. The smallest absolute Gasteiger partial charge is 0.264 e. The van der Waals surface area contributed by atoms with E-state index >= 15 is 0 Å². The molecule has 0 spiro atoms. The summed E-state index contributed by atoms with van der Waals surface area (Å²) in [6, 6.07) is 15.0. The number of carbonyl (C=O) groups is 1. The molecule has 0 aliphatic heterocycles. The summed E-state index contributed by atoms with van der Waals surface area (Å²) in [6.45, 7) is 1.95. The Morgan fingerprint density at radius 1 is 1.19 bits per heavy atom. The van der Waals surface area contributed by atoms with E-state index in [0.29, 0.717) is 26.8 Å². The molecule has 3 aromatic rings. The van der Waals surface area contributed by atoms with Crippen LogP contribution in [-0.2, 0) is 11.2 Å². The lowest BCUT2D eigenvalue weighted by molar-refractivity contribution is -0.118. The van der Waals surface area contributed by atoms with Gasteiger partial charge < -0.3 is 4.74 Å². The van der Waals surface area contributed by atoms with E-state index < -0.39 is 0 Å². The monoisotopic (exact) mass is 421 g/mol. The van der Waals surface area contributed by atoms with Crippen molar-refractivity contribution in [3.63, 3.8) is 0 Å². The Hall–Kier alpha value is -2.15. The maximum Gasteiger partial charge on any atom is 0.264 e. The van der Waals surface area contributed by atoms with E-state index in [1.165, 1.54) is 16.9 Å². The molecule has 1 N–H and O–H groups in total. The van der Waals surface area contributed by atoms with Crippen LogP contribution in [0.1, 0.15) is 23.4 Å². The fourth-order valence-electron chi connectivity index (χ4n) is 2.44. The van der Waals surface area contributed by atoms with E-state index in [-0.39, 0.29) is 12.5 Å². The molecule has 0 saturated heterocycles. The predicted octanol–water partition coefficient (Wildman–Crippen LogP) is 5.21. The van der Waals surface area contributed by atoms with Crippen LogP contribution in [0.3, 0.4) is 0 Å². The molecule has 0 aliphatic rings. The summed E-state index contributed by atoms with van der Waals surface area (Å²) >= 11 is 13.2. The quantitative estimate of drug-likeness (QED) is 0.568. The summed E-state index contributed by atoms with van der Waals surface area (Å²) in [4.78, 5) is 12.1. The second-order valence-electron chi connectivity index (χ2n) is 5.93.